The molecule has 0 radical (unpaired) electrons. The van der Waals surface area contributed by atoms with Crippen LogP contribution in [0.1, 0.15) is 46.5 Å². The standard InChI is InChI=1S/C18H28N2O5S/c1-18(2,3)25-17(22)20-16(21)24-12-6-4-5-7-13-26(23)15-10-8-14(19)9-11-15/h8-11H,4-7,12-13,19H2,1-3H3,(H,20,21,22). The number of amides is 2. The van der Waals surface area contributed by atoms with E-state index in [0.717, 1.165) is 24.2 Å². The van der Waals surface area contributed by atoms with Gasteiger partial charge in [-0.3, -0.25) is 0 Å². The zero-order valence-electron chi connectivity index (χ0n) is 15.6. The molecule has 1 unspecified atom stereocenters. The van der Waals surface area contributed by atoms with Crippen molar-refractivity contribution in [3.05, 3.63) is 24.3 Å². The third kappa shape index (κ3) is 10.1. The van der Waals surface area contributed by atoms with Gasteiger partial charge in [0.15, 0.2) is 4.90 Å². The van der Waals surface area contributed by atoms with Crippen LogP contribution in [0.5, 0.6) is 0 Å². The van der Waals surface area contributed by atoms with Crippen LogP contribution in [0.3, 0.4) is 0 Å². The lowest BCUT2D eigenvalue weighted by Gasteiger charge is -2.19. The Morgan fingerprint density at radius 3 is 2.31 bits per heavy atom. The molecule has 0 bridgehead atoms. The molecule has 3 N–H and O–H groups in total. The highest BCUT2D eigenvalue weighted by atomic mass is 32.2. The fraction of sp³-hybridized carbons (Fsp3) is 0.556. The second-order valence-electron chi connectivity index (χ2n) is 6.80. The second-order valence-corrected chi connectivity index (χ2v) is 8.37. The molecule has 146 valence electrons. The first kappa shape index (κ1) is 22.1. The van der Waals surface area contributed by atoms with E-state index in [2.05, 4.69) is 0 Å². The minimum atomic E-state index is -1.02. The molecular weight excluding hydrogens is 356 g/mol. The second kappa shape index (κ2) is 10.9. The molecule has 0 spiro atoms. The number of hydrogen-bond acceptors (Lipinski definition) is 6. The summed E-state index contributed by atoms with van der Waals surface area (Å²) in [4.78, 5) is 23.6. The molecule has 1 aromatic carbocycles. The Balaban J connectivity index is 2.06. The number of nitrogens with two attached hydrogens (primary N) is 1. The van der Waals surface area contributed by atoms with E-state index < -0.39 is 29.0 Å². The molecule has 7 nitrogen and oxygen atoms in total. The van der Waals surface area contributed by atoms with Crippen molar-refractivity contribution in [2.75, 3.05) is 18.1 Å². The van der Waals surface area contributed by atoms with Gasteiger partial charge in [-0.25, -0.2) is 14.9 Å². The molecule has 0 saturated heterocycles. The Morgan fingerprint density at radius 2 is 1.69 bits per heavy atom. The highest BCUT2D eigenvalue weighted by molar-refractivity contribution is 7.91. The summed E-state index contributed by atoms with van der Waals surface area (Å²) in [5.74, 6) is 0.587. The minimum Gasteiger partial charge on any atom is -0.611 e. The van der Waals surface area contributed by atoms with Crippen molar-refractivity contribution in [1.29, 1.82) is 0 Å². The normalized spacial score (nSPS) is 12.3. The van der Waals surface area contributed by atoms with Crippen LogP contribution in [-0.4, -0.2) is 34.7 Å². The summed E-state index contributed by atoms with van der Waals surface area (Å²) < 4.78 is 21.9. The van der Waals surface area contributed by atoms with E-state index >= 15 is 0 Å². The third-order valence-corrected chi connectivity index (χ3v) is 4.66. The lowest BCUT2D eigenvalue weighted by Crippen LogP contribution is -2.36. The highest BCUT2D eigenvalue weighted by Gasteiger charge is 2.18. The van der Waals surface area contributed by atoms with E-state index in [4.69, 9.17) is 15.2 Å². The molecule has 0 aliphatic rings. The average Bonchev–Trinajstić information content (AvgIpc) is 2.52. The summed E-state index contributed by atoms with van der Waals surface area (Å²) in [6.45, 7) is 5.34. The van der Waals surface area contributed by atoms with Crippen LogP contribution < -0.4 is 11.1 Å². The number of unbranched alkanes of at least 4 members (excludes halogenated alkanes) is 3. The molecule has 26 heavy (non-hydrogen) atoms. The van der Waals surface area contributed by atoms with Crippen LogP contribution in [0.2, 0.25) is 0 Å². The monoisotopic (exact) mass is 384 g/mol. The number of rotatable bonds is 8. The van der Waals surface area contributed by atoms with Crippen molar-refractivity contribution in [3.63, 3.8) is 0 Å². The summed E-state index contributed by atoms with van der Waals surface area (Å²) in [5, 5.41) is 2.00. The van der Waals surface area contributed by atoms with E-state index in [1.54, 1.807) is 45.0 Å². The summed E-state index contributed by atoms with van der Waals surface area (Å²) in [6.07, 6.45) is 1.59. The van der Waals surface area contributed by atoms with Crippen LogP contribution >= 0.6 is 0 Å². The molecule has 0 fully saturated rings. The predicted molar refractivity (Wildman–Crippen MR) is 101 cm³/mol. The van der Waals surface area contributed by atoms with Crippen molar-refractivity contribution < 1.29 is 23.6 Å². The van der Waals surface area contributed by atoms with Crippen LogP contribution in [0.25, 0.3) is 0 Å². The zero-order chi connectivity index (χ0) is 19.6. The molecule has 0 aliphatic heterocycles. The van der Waals surface area contributed by atoms with Crippen molar-refractivity contribution in [1.82, 2.24) is 5.32 Å². The molecule has 8 heteroatoms. The number of anilines is 1. The number of imide groups is 1. The van der Waals surface area contributed by atoms with E-state index in [9.17, 15) is 14.1 Å². The Morgan fingerprint density at radius 1 is 1.08 bits per heavy atom. The lowest BCUT2D eigenvalue weighted by atomic mass is 10.2. The largest absolute Gasteiger partial charge is 0.611 e. The van der Waals surface area contributed by atoms with Gasteiger partial charge in [-0.1, -0.05) is 0 Å². The number of nitrogens with one attached hydrogen (secondary N) is 1. The van der Waals surface area contributed by atoms with Gasteiger partial charge in [0.05, 0.1) is 6.61 Å². The van der Waals surface area contributed by atoms with E-state index in [-0.39, 0.29) is 6.61 Å². The van der Waals surface area contributed by atoms with Gasteiger partial charge in [0.2, 0.25) is 0 Å². The quantitative estimate of drug-likeness (QED) is 0.402. The number of carbonyl (C=O) groups excluding carboxylic acids is 2. The van der Waals surface area contributed by atoms with Crippen LogP contribution in [-0.2, 0) is 20.6 Å². The number of carbonyl (C=O) groups is 2. The fourth-order valence-corrected chi connectivity index (χ4v) is 3.16. The number of nitrogen functional groups attached to an aromatic ring is 1. The molecule has 0 heterocycles. The number of ether oxygens (including phenoxy) is 2. The molecule has 0 saturated carbocycles. The van der Waals surface area contributed by atoms with Crippen molar-refractivity contribution in [2.24, 2.45) is 0 Å². The van der Waals surface area contributed by atoms with Crippen LogP contribution in [0.4, 0.5) is 15.3 Å². The van der Waals surface area contributed by atoms with Gasteiger partial charge in [-0.15, -0.1) is 0 Å². The van der Waals surface area contributed by atoms with E-state index in [0.29, 0.717) is 17.9 Å². The maximum atomic E-state index is 12.1. The summed E-state index contributed by atoms with van der Waals surface area (Å²) in [5.41, 5.74) is 5.59. The van der Waals surface area contributed by atoms with Crippen molar-refractivity contribution >= 4 is 29.0 Å². The van der Waals surface area contributed by atoms with E-state index in [1.165, 1.54) is 0 Å². The smallest absolute Gasteiger partial charge is 0.417 e. The Bertz CT molecular complexity index is 572. The molecule has 0 aliphatic carbocycles. The first-order chi connectivity index (χ1) is 12.2. The van der Waals surface area contributed by atoms with Gasteiger partial charge in [-0.2, -0.15) is 0 Å². The SMILES string of the molecule is CC(C)(C)OC(=O)NC(=O)OCCCCCC[S+]([O-])c1ccc(N)cc1. The van der Waals surface area contributed by atoms with Gasteiger partial charge in [-0.05, 0) is 81.9 Å². The Hall–Kier alpha value is -1.93. The number of benzene rings is 1. The molecular formula is C18H28N2O5S. The number of alkyl carbamates (subject to hydrolysis) is 2. The maximum Gasteiger partial charge on any atom is 0.417 e. The van der Waals surface area contributed by atoms with Crippen molar-refractivity contribution in [2.45, 2.75) is 57.0 Å². The van der Waals surface area contributed by atoms with Crippen LogP contribution in [0, 0.1) is 0 Å². The lowest BCUT2D eigenvalue weighted by molar-refractivity contribution is 0.0510. The van der Waals surface area contributed by atoms with Gasteiger partial charge in [0.1, 0.15) is 11.4 Å². The number of hydrogen-bond donors (Lipinski definition) is 2. The predicted octanol–water partition coefficient (Wildman–Crippen LogP) is 3.60. The Kier molecular flexibility index (Phi) is 9.29. The summed E-state index contributed by atoms with van der Waals surface area (Å²) in [6, 6.07) is 7.05. The van der Waals surface area contributed by atoms with E-state index in [1.807, 2.05) is 5.32 Å². The van der Waals surface area contributed by atoms with Crippen molar-refractivity contribution in [3.8, 4) is 0 Å². The minimum absolute atomic E-state index is 0.218. The van der Waals surface area contributed by atoms with Gasteiger partial charge < -0.3 is 19.8 Å². The fourth-order valence-electron chi connectivity index (χ4n) is 2.01. The molecule has 2 amide bonds. The molecule has 1 rings (SSSR count). The summed E-state index contributed by atoms with van der Waals surface area (Å²) in [7, 11) is 0. The zero-order valence-corrected chi connectivity index (χ0v) is 16.4. The van der Waals surface area contributed by atoms with Crippen LogP contribution in [0.15, 0.2) is 29.2 Å². The first-order valence-corrected chi connectivity index (χ1v) is 9.90. The topological polar surface area (TPSA) is 114 Å². The third-order valence-electron chi connectivity index (χ3n) is 3.20. The average molecular weight is 384 g/mol. The first-order valence-electron chi connectivity index (χ1n) is 8.58. The molecule has 1 atom stereocenters. The van der Waals surface area contributed by atoms with Gasteiger partial charge in [0, 0.05) is 5.69 Å². The summed E-state index contributed by atoms with van der Waals surface area (Å²) >= 11 is -1.02. The van der Waals surface area contributed by atoms with Gasteiger partial charge >= 0.3 is 12.2 Å². The molecule has 1 aromatic rings. The van der Waals surface area contributed by atoms with Gasteiger partial charge in [0.25, 0.3) is 0 Å². The maximum absolute atomic E-state index is 12.1. The molecule has 0 aromatic heterocycles. The highest BCUT2D eigenvalue weighted by Crippen LogP contribution is 2.15. The Labute approximate surface area is 157 Å².